The smallest absolute Gasteiger partial charge is 0.253 e. The Bertz CT molecular complexity index is 1890. The van der Waals surface area contributed by atoms with Crippen molar-refractivity contribution in [1.29, 1.82) is 0 Å². The number of anilines is 1. The van der Waals surface area contributed by atoms with Crippen LogP contribution in [0.25, 0.3) is 0 Å². The van der Waals surface area contributed by atoms with E-state index >= 15 is 4.39 Å². The van der Waals surface area contributed by atoms with Gasteiger partial charge in [-0.2, -0.15) is 4.80 Å². The van der Waals surface area contributed by atoms with E-state index in [2.05, 4.69) is 15.4 Å². The van der Waals surface area contributed by atoms with Crippen molar-refractivity contribution in [1.82, 2.24) is 25.1 Å². The number of aryl methyl sites for hydroxylation is 1. The molecular weight excluding hydrogens is 666 g/mol. The molecule has 14 heteroatoms. The quantitative estimate of drug-likeness (QED) is 0.198. The third-order valence-electron chi connectivity index (χ3n) is 8.98. The molecule has 1 aromatic heterocycles. The van der Waals surface area contributed by atoms with Crippen LogP contribution in [0.3, 0.4) is 0 Å². The molecule has 1 amide bonds. The largest absolute Gasteiger partial charge is 0.357 e. The molecule has 7 rings (SSSR count). The van der Waals surface area contributed by atoms with Crippen molar-refractivity contribution in [2.24, 2.45) is 13.0 Å². The molecular formula is C33H33Cl2FN6O4S. The number of carbonyl (C=O) groups excluding carboxylic acids is 1. The lowest BCUT2D eigenvalue weighted by atomic mass is 9.89. The van der Waals surface area contributed by atoms with Crippen LogP contribution in [0.4, 0.5) is 10.1 Å². The molecule has 47 heavy (non-hydrogen) atoms. The molecule has 2 saturated carbocycles. The number of hydrogen-bond acceptors (Lipinski definition) is 7. The Hall–Kier alpha value is -3.58. The first-order valence-corrected chi connectivity index (χ1v) is 17.8. The summed E-state index contributed by atoms with van der Waals surface area (Å²) in [6, 6.07) is 19.0. The number of carbonyl (C=O) groups is 1. The lowest BCUT2D eigenvalue weighted by Gasteiger charge is -2.49. The molecule has 0 unspecified atom stereocenters. The summed E-state index contributed by atoms with van der Waals surface area (Å²) in [5, 5.41) is 12.7. The van der Waals surface area contributed by atoms with Gasteiger partial charge in [0.25, 0.3) is 5.91 Å². The zero-order chi connectivity index (χ0) is 32.9. The molecule has 3 aromatic carbocycles. The second-order valence-electron chi connectivity index (χ2n) is 12.4. The number of para-hydroxylation sites is 1. The number of amides is 1. The van der Waals surface area contributed by atoms with Crippen LogP contribution in [0.15, 0.2) is 72.8 Å². The molecule has 0 radical (unpaired) electrons. The van der Waals surface area contributed by atoms with Crippen molar-refractivity contribution in [2.45, 2.75) is 61.6 Å². The van der Waals surface area contributed by atoms with Crippen molar-refractivity contribution >= 4 is 44.8 Å². The monoisotopic (exact) mass is 698 g/mol. The lowest BCUT2D eigenvalue weighted by Crippen LogP contribution is -2.59. The van der Waals surface area contributed by atoms with Crippen LogP contribution in [0.2, 0.25) is 10.0 Å². The first-order chi connectivity index (χ1) is 22.6. The van der Waals surface area contributed by atoms with Gasteiger partial charge in [-0.3, -0.25) is 9.10 Å². The highest BCUT2D eigenvalue weighted by Crippen LogP contribution is 2.49. The molecule has 10 nitrogen and oxygen atoms in total. The Morgan fingerprint density at radius 3 is 2.36 bits per heavy atom. The fourth-order valence-corrected chi connectivity index (χ4v) is 8.63. The van der Waals surface area contributed by atoms with Crippen LogP contribution >= 0.6 is 23.2 Å². The minimum absolute atomic E-state index is 0.0224. The highest BCUT2D eigenvalue weighted by molar-refractivity contribution is 7.93. The number of ether oxygens (including phenoxy) is 1. The lowest BCUT2D eigenvalue weighted by molar-refractivity contribution is -0.179. The predicted octanol–water partition coefficient (Wildman–Crippen LogP) is 5.69. The fraction of sp³-hybridized carbons (Fsp3) is 0.394. The molecule has 1 aliphatic heterocycles. The SMILES string of the molecule is Cn1nnc(C[C@H]2O[C@H](c3cccc(Cl)c3)[C@@H](c3ccc(Cl)cc3)N([C@@H](CN(c3ccccc3F)S(=O)(=O)C3CC3)C3CC3)C2=O)n1. The molecule has 3 fully saturated rings. The predicted molar refractivity (Wildman–Crippen MR) is 175 cm³/mol. The van der Waals surface area contributed by atoms with Crippen molar-refractivity contribution in [3.8, 4) is 0 Å². The van der Waals surface area contributed by atoms with Gasteiger partial charge in [-0.25, -0.2) is 12.8 Å². The molecule has 0 spiro atoms. The number of rotatable bonds is 11. The minimum atomic E-state index is -3.92. The van der Waals surface area contributed by atoms with Crippen LogP contribution in [0, 0.1) is 11.7 Å². The number of morpholine rings is 1. The van der Waals surface area contributed by atoms with E-state index in [0.29, 0.717) is 28.7 Å². The van der Waals surface area contributed by atoms with Crippen molar-refractivity contribution in [2.75, 3.05) is 10.8 Å². The van der Waals surface area contributed by atoms with E-state index in [9.17, 15) is 13.2 Å². The van der Waals surface area contributed by atoms with E-state index in [1.165, 1.54) is 27.3 Å². The maximum absolute atomic E-state index is 15.4. The molecule has 3 aliphatic rings. The van der Waals surface area contributed by atoms with E-state index < -0.39 is 45.4 Å². The van der Waals surface area contributed by atoms with Crippen molar-refractivity contribution in [3.63, 3.8) is 0 Å². The van der Waals surface area contributed by atoms with Gasteiger partial charge in [-0.1, -0.05) is 59.6 Å². The molecule has 0 N–H and O–H groups in total. The summed E-state index contributed by atoms with van der Waals surface area (Å²) < 4.78 is 51.2. The van der Waals surface area contributed by atoms with Crippen LogP contribution in [0.5, 0.6) is 0 Å². The van der Waals surface area contributed by atoms with Gasteiger partial charge in [-0.05, 0) is 84.3 Å². The fourth-order valence-electron chi connectivity index (χ4n) is 6.43. The first kappa shape index (κ1) is 32.0. The van der Waals surface area contributed by atoms with Gasteiger partial charge in [0.1, 0.15) is 18.0 Å². The Kier molecular flexibility index (Phi) is 8.71. The zero-order valence-corrected chi connectivity index (χ0v) is 27.8. The van der Waals surface area contributed by atoms with Gasteiger partial charge < -0.3 is 9.64 Å². The first-order valence-electron chi connectivity index (χ1n) is 15.6. The second-order valence-corrected chi connectivity index (χ2v) is 15.4. The molecule has 2 heterocycles. The Morgan fingerprint density at radius 2 is 1.72 bits per heavy atom. The third-order valence-corrected chi connectivity index (χ3v) is 11.7. The number of hydrogen-bond donors (Lipinski definition) is 0. The molecule has 246 valence electrons. The summed E-state index contributed by atoms with van der Waals surface area (Å²) in [5.74, 6) is -0.680. The standard InChI is InChI=1S/C33H33Cl2FN6O4S/c1-40-38-30(37-39-40)18-29-33(43)42(31(21-11-13-23(34)14-12-21)32(46-29)22-5-4-6-24(35)17-22)28(20-9-10-20)19-41(47(44,45)25-15-16-25)27-8-3-2-7-26(27)36/h2-8,11-14,17,20,25,28-29,31-32H,9-10,15-16,18-19H2,1H3/t28-,29+,31+,32+/m0/s1. The molecule has 4 aromatic rings. The van der Waals surface area contributed by atoms with Gasteiger partial charge in [0.05, 0.1) is 36.6 Å². The summed E-state index contributed by atoms with van der Waals surface area (Å²) in [6.45, 7) is -0.112. The van der Waals surface area contributed by atoms with E-state index in [0.717, 1.165) is 24.0 Å². The Balaban J connectivity index is 1.37. The van der Waals surface area contributed by atoms with E-state index in [4.69, 9.17) is 27.9 Å². The topological polar surface area (TPSA) is 111 Å². The van der Waals surface area contributed by atoms with Crippen LogP contribution < -0.4 is 4.31 Å². The molecule has 2 aliphatic carbocycles. The number of sulfonamides is 1. The highest BCUT2D eigenvalue weighted by Gasteiger charge is 2.52. The number of aromatic nitrogens is 4. The van der Waals surface area contributed by atoms with E-state index in [1.54, 1.807) is 42.3 Å². The Morgan fingerprint density at radius 1 is 0.979 bits per heavy atom. The molecule has 4 atom stereocenters. The summed E-state index contributed by atoms with van der Waals surface area (Å²) >= 11 is 12.8. The summed E-state index contributed by atoms with van der Waals surface area (Å²) in [4.78, 5) is 17.9. The van der Waals surface area contributed by atoms with E-state index in [1.807, 2.05) is 24.3 Å². The highest BCUT2D eigenvalue weighted by atomic mass is 35.5. The second kappa shape index (κ2) is 12.8. The average Bonchev–Trinajstić information content (AvgIpc) is 3.98. The minimum Gasteiger partial charge on any atom is -0.357 e. The van der Waals surface area contributed by atoms with Gasteiger partial charge in [-0.15, -0.1) is 10.2 Å². The van der Waals surface area contributed by atoms with Gasteiger partial charge in [0, 0.05) is 16.5 Å². The number of benzene rings is 3. The number of halogens is 3. The van der Waals surface area contributed by atoms with Gasteiger partial charge in [0.2, 0.25) is 10.0 Å². The zero-order valence-electron chi connectivity index (χ0n) is 25.5. The normalized spacial score (nSPS) is 22.3. The van der Waals surface area contributed by atoms with Gasteiger partial charge >= 0.3 is 0 Å². The summed E-state index contributed by atoms with van der Waals surface area (Å²) in [7, 11) is -2.28. The van der Waals surface area contributed by atoms with E-state index in [-0.39, 0.29) is 30.5 Å². The van der Waals surface area contributed by atoms with Gasteiger partial charge in [0.15, 0.2) is 5.82 Å². The van der Waals surface area contributed by atoms with Crippen molar-refractivity contribution < 1.29 is 22.3 Å². The number of tetrazole rings is 1. The van der Waals surface area contributed by atoms with Crippen LogP contribution in [-0.4, -0.2) is 63.4 Å². The third kappa shape index (κ3) is 6.61. The summed E-state index contributed by atoms with van der Waals surface area (Å²) in [5.41, 5.74) is 1.45. The molecule has 1 saturated heterocycles. The van der Waals surface area contributed by atoms with Crippen molar-refractivity contribution in [3.05, 3.63) is 106 Å². The van der Waals surface area contributed by atoms with Crippen LogP contribution in [0.1, 0.15) is 54.8 Å². The number of nitrogens with zero attached hydrogens (tertiary/aromatic N) is 6. The summed E-state index contributed by atoms with van der Waals surface area (Å²) in [6.07, 6.45) is 0.907. The van der Waals surface area contributed by atoms with Crippen LogP contribution in [-0.2, 0) is 33.0 Å². The maximum Gasteiger partial charge on any atom is 0.253 e. The Labute approximate surface area is 282 Å². The molecule has 0 bridgehead atoms. The average molecular weight is 700 g/mol. The maximum atomic E-state index is 15.4.